The Morgan fingerprint density at radius 3 is 2.61 bits per heavy atom. The number of anilines is 1. The first kappa shape index (κ1) is 20.1. The van der Waals surface area contributed by atoms with Gasteiger partial charge in [0.05, 0.1) is 16.7 Å². The minimum absolute atomic E-state index is 0.0940. The molecule has 0 radical (unpaired) electrons. The molecule has 1 aliphatic heterocycles. The van der Waals surface area contributed by atoms with Crippen LogP contribution in [0.15, 0.2) is 18.2 Å². The molecule has 1 unspecified atom stereocenters. The molecule has 0 aromatic heterocycles. The molecule has 1 atom stereocenters. The summed E-state index contributed by atoms with van der Waals surface area (Å²) < 4.78 is 5.76. The van der Waals surface area contributed by atoms with Gasteiger partial charge in [-0.3, -0.25) is 24.6 Å². The molecule has 1 aromatic carbocycles. The highest BCUT2D eigenvalue weighted by molar-refractivity contribution is 6.04. The predicted octanol–water partition coefficient (Wildman–Crippen LogP) is 3.14. The largest absolute Gasteiger partial charge is 0.478 e. The fraction of sp³-hybridized carbons (Fsp3) is 0.600. The maximum absolute atomic E-state index is 13.0. The maximum Gasteiger partial charge on any atom is 0.273 e. The monoisotopic (exact) mass is 389 g/mol. The topological polar surface area (TPSA) is 93.0 Å². The van der Waals surface area contributed by atoms with Gasteiger partial charge in [0.2, 0.25) is 5.91 Å². The molecule has 8 heteroatoms. The van der Waals surface area contributed by atoms with E-state index in [9.17, 15) is 19.7 Å². The average molecular weight is 389 g/mol. The summed E-state index contributed by atoms with van der Waals surface area (Å²) in [7, 11) is 1.79. The van der Waals surface area contributed by atoms with Gasteiger partial charge in [0.1, 0.15) is 6.54 Å². The summed E-state index contributed by atoms with van der Waals surface area (Å²) in [5, 5.41) is 11.1. The van der Waals surface area contributed by atoms with Crippen LogP contribution in [-0.4, -0.2) is 47.4 Å². The fourth-order valence-electron chi connectivity index (χ4n) is 3.90. The first-order valence-electron chi connectivity index (χ1n) is 9.81. The van der Waals surface area contributed by atoms with Crippen molar-refractivity contribution in [1.82, 2.24) is 4.90 Å². The van der Waals surface area contributed by atoms with Gasteiger partial charge in [-0.2, -0.15) is 0 Å². The van der Waals surface area contributed by atoms with E-state index < -0.39 is 11.0 Å². The van der Waals surface area contributed by atoms with Crippen molar-refractivity contribution in [3.63, 3.8) is 0 Å². The van der Waals surface area contributed by atoms with Crippen LogP contribution in [0.3, 0.4) is 0 Å². The molecule has 1 saturated carbocycles. The highest BCUT2D eigenvalue weighted by Crippen LogP contribution is 2.38. The number of fused-ring (bicyclic) bond motifs is 1. The van der Waals surface area contributed by atoms with Crippen LogP contribution in [0.2, 0.25) is 0 Å². The lowest BCUT2D eigenvalue weighted by atomic mass is 9.94. The van der Waals surface area contributed by atoms with Crippen LogP contribution in [0.4, 0.5) is 11.4 Å². The third-order valence-corrected chi connectivity index (χ3v) is 5.62. The van der Waals surface area contributed by atoms with E-state index in [1.54, 1.807) is 11.9 Å². The zero-order valence-corrected chi connectivity index (χ0v) is 16.6. The van der Waals surface area contributed by atoms with E-state index in [0.29, 0.717) is 5.69 Å². The number of nitrogens with zero attached hydrogens (tertiary/aromatic N) is 3. The summed E-state index contributed by atoms with van der Waals surface area (Å²) in [6.45, 7) is 3.60. The molecule has 0 N–H and O–H groups in total. The molecule has 1 fully saturated rings. The molecule has 3 rings (SSSR count). The quantitative estimate of drug-likeness (QED) is 0.570. The zero-order chi connectivity index (χ0) is 20.4. The summed E-state index contributed by atoms with van der Waals surface area (Å²) in [6.07, 6.45) is 4.61. The molecule has 0 bridgehead atoms. The predicted molar refractivity (Wildman–Crippen MR) is 104 cm³/mol. The molecule has 28 heavy (non-hydrogen) atoms. The van der Waals surface area contributed by atoms with Crippen molar-refractivity contribution in [3.05, 3.63) is 28.3 Å². The number of ether oxygens (including phenoxy) is 1. The van der Waals surface area contributed by atoms with Crippen molar-refractivity contribution in [2.75, 3.05) is 18.5 Å². The molecule has 0 spiro atoms. The number of likely N-dealkylation sites (N-methyl/N-ethyl adjacent to an activating group) is 1. The number of hydrogen-bond acceptors (Lipinski definition) is 5. The molecular weight excluding hydrogens is 362 g/mol. The van der Waals surface area contributed by atoms with E-state index in [2.05, 4.69) is 0 Å². The van der Waals surface area contributed by atoms with E-state index >= 15 is 0 Å². The second-order valence-corrected chi connectivity index (χ2v) is 7.91. The van der Waals surface area contributed by atoms with Gasteiger partial charge in [0.15, 0.2) is 11.9 Å². The highest BCUT2D eigenvalue weighted by atomic mass is 16.6. The first-order valence-corrected chi connectivity index (χ1v) is 9.81. The Labute approximate surface area is 164 Å². The summed E-state index contributed by atoms with van der Waals surface area (Å²) >= 11 is 0. The van der Waals surface area contributed by atoms with E-state index in [1.807, 2.05) is 13.8 Å². The first-order chi connectivity index (χ1) is 13.3. The minimum Gasteiger partial charge on any atom is -0.478 e. The molecule has 1 heterocycles. The van der Waals surface area contributed by atoms with Gasteiger partial charge in [0, 0.05) is 19.2 Å². The van der Waals surface area contributed by atoms with Crippen molar-refractivity contribution in [1.29, 1.82) is 0 Å². The normalized spacial score (nSPS) is 19.9. The number of nitro groups is 1. The molecule has 152 valence electrons. The summed E-state index contributed by atoms with van der Waals surface area (Å²) in [5.74, 6) is -0.287. The zero-order valence-electron chi connectivity index (χ0n) is 16.6. The van der Waals surface area contributed by atoms with Crippen LogP contribution >= 0.6 is 0 Å². The lowest BCUT2D eigenvalue weighted by Gasteiger charge is -2.37. The van der Waals surface area contributed by atoms with Crippen molar-refractivity contribution >= 4 is 23.2 Å². The van der Waals surface area contributed by atoms with E-state index in [-0.39, 0.29) is 41.8 Å². The van der Waals surface area contributed by atoms with Crippen LogP contribution in [0.5, 0.6) is 5.75 Å². The van der Waals surface area contributed by atoms with Crippen LogP contribution in [0.1, 0.15) is 46.0 Å². The van der Waals surface area contributed by atoms with Crippen LogP contribution in [0.25, 0.3) is 0 Å². The van der Waals surface area contributed by atoms with Gasteiger partial charge >= 0.3 is 0 Å². The molecular formula is C20H27N3O5. The van der Waals surface area contributed by atoms with Crippen LogP contribution < -0.4 is 9.64 Å². The number of hydrogen-bond donors (Lipinski definition) is 0. The summed E-state index contributed by atoms with van der Waals surface area (Å²) in [5.41, 5.74) is 0.291. The third kappa shape index (κ3) is 3.95. The Morgan fingerprint density at radius 2 is 2.00 bits per heavy atom. The standard InChI is InChI=1S/C20H27N3O5/c1-13(2)19-20(25)22(12-18(24)21(3)14-7-5-4-6-8-14)16-10-9-15(23(26)27)11-17(16)28-19/h9-11,13-14,19H,4-8,12H2,1-3H3. The van der Waals surface area contributed by atoms with E-state index in [0.717, 1.165) is 25.7 Å². The van der Waals surface area contributed by atoms with Crippen LogP contribution in [-0.2, 0) is 9.59 Å². The molecule has 8 nitrogen and oxygen atoms in total. The fourth-order valence-corrected chi connectivity index (χ4v) is 3.90. The Hall–Kier alpha value is -2.64. The molecule has 0 saturated heterocycles. The highest BCUT2D eigenvalue weighted by Gasteiger charge is 2.38. The van der Waals surface area contributed by atoms with E-state index in [4.69, 9.17) is 4.74 Å². The SMILES string of the molecule is CC(C)C1Oc2cc([N+](=O)[O-])ccc2N(CC(=O)N(C)C2CCCCC2)C1=O. The Kier molecular flexibility index (Phi) is 5.86. The lowest BCUT2D eigenvalue weighted by Crippen LogP contribution is -2.52. The number of carbonyl (C=O) groups excluding carboxylic acids is 2. The van der Waals surface area contributed by atoms with Gasteiger partial charge < -0.3 is 9.64 Å². The second-order valence-electron chi connectivity index (χ2n) is 7.91. The number of amides is 2. The summed E-state index contributed by atoms with van der Waals surface area (Å²) in [6, 6.07) is 4.33. The van der Waals surface area contributed by atoms with Crippen molar-refractivity contribution < 1.29 is 19.2 Å². The third-order valence-electron chi connectivity index (χ3n) is 5.62. The minimum atomic E-state index is -0.776. The van der Waals surface area contributed by atoms with Crippen LogP contribution in [0, 0.1) is 16.0 Å². The van der Waals surface area contributed by atoms with Crippen molar-refractivity contribution in [2.24, 2.45) is 5.92 Å². The molecule has 2 aliphatic rings. The molecule has 1 aromatic rings. The van der Waals surface area contributed by atoms with Gasteiger partial charge in [-0.15, -0.1) is 0 Å². The van der Waals surface area contributed by atoms with E-state index in [1.165, 1.54) is 29.5 Å². The Morgan fingerprint density at radius 1 is 1.32 bits per heavy atom. The number of carbonyl (C=O) groups is 2. The van der Waals surface area contributed by atoms with Crippen molar-refractivity contribution in [2.45, 2.75) is 58.1 Å². The Bertz CT molecular complexity index is 773. The summed E-state index contributed by atoms with van der Waals surface area (Å²) in [4.78, 5) is 39.6. The molecule has 2 amide bonds. The van der Waals surface area contributed by atoms with Gasteiger partial charge in [0.25, 0.3) is 11.6 Å². The van der Waals surface area contributed by atoms with Gasteiger partial charge in [-0.1, -0.05) is 33.1 Å². The smallest absolute Gasteiger partial charge is 0.273 e. The number of nitro benzene ring substituents is 1. The maximum atomic E-state index is 13.0. The van der Waals surface area contributed by atoms with Crippen molar-refractivity contribution in [3.8, 4) is 5.75 Å². The number of non-ortho nitro benzene ring substituents is 1. The number of benzene rings is 1. The molecule has 1 aliphatic carbocycles. The average Bonchev–Trinajstić information content (AvgIpc) is 2.69. The Balaban J connectivity index is 1.86. The van der Waals surface area contributed by atoms with Gasteiger partial charge in [-0.25, -0.2) is 0 Å². The lowest BCUT2D eigenvalue weighted by molar-refractivity contribution is -0.384. The van der Waals surface area contributed by atoms with Gasteiger partial charge in [-0.05, 0) is 24.8 Å². The number of rotatable bonds is 5. The second kappa shape index (κ2) is 8.16.